The third-order valence-electron chi connectivity index (χ3n) is 3.21. The highest BCUT2D eigenvalue weighted by Gasteiger charge is 2.06. The molecule has 23 heavy (non-hydrogen) atoms. The van der Waals surface area contributed by atoms with E-state index in [2.05, 4.69) is 30.6 Å². The summed E-state index contributed by atoms with van der Waals surface area (Å²) in [5.41, 5.74) is 2.88. The monoisotopic (exact) mass is 306 g/mol. The molecule has 0 amide bonds. The molecule has 6 nitrogen and oxygen atoms in total. The van der Waals surface area contributed by atoms with Crippen molar-refractivity contribution in [3.05, 3.63) is 60.7 Å². The predicted molar refractivity (Wildman–Crippen MR) is 91.0 cm³/mol. The smallest absolute Gasteiger partial charge is 0.225 e. The van der Waals surface area contributed by atoms with Crippen molar-refractivity contribution in [2.45, 2.75) is 13.5 Å². The molecule has 0 saturated heterocycles. The molecule has 0 fully saturated rings. The van der Waals surface area contributed by atoms with Crippen LogP contribution in [0.5, 0.6) is 0 Å². The highest BCUT2D eigenvalue weighted by molar-refractivity contribution is 5.63. The molecule has 3 rings (SSSR count). The second-order valence-corrected chi connectivity index (χ2v) is 4.95. The molecule has 3 aromatic rings. The number of aromatic nitrogens is 4. The van der Waals surface area contributed by atoms with E-state index in [4.69, 9.17) is 0 Å². The predicted octanol–water partition coefficient (Wildman–Crippen LogP) is 2.98. The summed E-state index contributed by atoms with van der Waals surface area (Å²) in [5.74, 6) is 1.36. The Balaban J connectivity index is 1.85. The Morgan fingerprint density at radius 2 is 1.78 bits per heavy atom. The molecular weight excluding hydrogens is 288 g/mol. The van der Waals surface area contributed by atoms with E-state index in [0.717, 1.165) is 29.2 Å². The van der Waals surface area contributed by atoms with Crippen LogP contribution in [0.2, 0.25) is 0 Å². The summed E-state index contributed by atoms with van der Waals surface area (Å²) in [7, 11) is 0. The molecule has 2 N–H and O–H groups in total. The Kier molecular flexibility index (Phi) is 4.73. The van der Waals surface area contributed by atoms with E-state index < -0.39 is 0 Å². The largest absolute Gasteiger partial charge is 0.366 e. The van der Waals surface area contributed by atoms with E-state index in [1.54, 1.807) is 18.6 Å². The van der Waals surface area contributed by atoms with Crippen molar-refractivity contribution in [2.75, 3.05) is 17.2 Å². The van der Waals surface area contributed by atoms with Crippen molar-refractivity contribution < 1.29 is 0 Å². The van der Waals surface area contributed by atoms with E-state index >= 15 is 0 Å². The van der Waals surface area contributed by atoms with Crippen molar-refractivity contribution in [1.82, 2.24) is 19.9 Å². The van der Waals surface area contributed by atoms with Crippen LogP contribution in [0.4, 0.5) is 11.8 Å². The van der Waals surface area contributed by atoms with Gasteiger partial charge >= 0.3 is 0 Å². The second kappa shape index (κ2) is 7.31. The van der Waals surface area contributed by atoms with Crippen LogP contribution in [0.15, 0.2) is 55.1 Å². The first-order valence-corrected chi connectivity index (χ1v) is 7.51. The first-order valence-electron chi connectivity index (χ1n) is 7.51. The van der Waals surface area contributed by atoms with Crippen molar-refractivity contribution in [1.29, 1.82) is 0 Å². The van der Waals surface area contributed by atoms with Crippen molar-refractivity contribution in [2.24, 2.45) is 0 Å². The molecule has 116 valence electrons. The topological polar surface area (TPSA) is 75.6 Å². The summed E-state index contributed by atoms with van der Waals surface area (Å²) in [6.45, 7) is 3.43. The Morgan fingerprint density at radius 1 is 0.957 bits per heavy atom. The van der Waals surface area contributed by atoms with Crippen LogP contribution in [-0.4, -0.2) is 26.5 Å². The number of pyridine rings is 2. The van der Waals surface area contributed by atoms with Crippen LogP contribution in [0.3, 0.4) is 0 Å². The van der Waals surface area contributed by atoms with Gasteiger partial charge in [0, 0.05) is 49.5 Å². The fraction of sp³-hybridized carbons (Fsp3) is 0.176. The first-order chi connectivity index (χ1) is 11.3. The number of rotatable bonds is 6. The van der Waals surface area contributed by atoms with Gasteiger partial charge in [-0.1, -0.05) is 6.07 Å². The maximum absolute atomic E-state index is 4.53. The number of anilines is 2. The number of nitrogens with zero attached hydrogens (tertiary/aromatic N) is 4. The summed E-state index contributed by atoms with van der Waals surface area (Å²) < 4.78 is 0. The van der Waals surface area contributed by atoms with E-state index in [-0.39, 0.29) is 0 Å². The van der Waals surface area contributed by atoms with E-state index in [9.17, 15) is 0 Å². The van der Waals surface area contributed by atoms with E-state index in [0.29, 0.717) is 12.5 Å². The fourth-order valence-electron chi connectivity index (χ4n) is 2.13. The van der Waals surface area contributed by atoms with Crippen molar-refractivity contribution in [3.8, 4) is 11.3 Å². The molecule has 0 aliphatic rings. The highest BCUT2D eigenvalue weighted by atomic mass is 15.1. The molecule has 0 spiro atoms. The zero-order valence-corrected chi connectivity index (χ0v) is 12.9. The van der Waals surface area contributed by atoms with Crippen LogP contribution in [0, 0.1) is 0 Å². The summed E-state index contributed by atoms with van der Waals surface area (Å²) in [6, 6.07) is 9.74. The molecule has 0 bridgehead atoms. The molecule has 0 aromatic carbocycles. The lowest BCUT2D eigenvalue weighted by Crippen LogP contribution is -2.07. The summed E-state index contributed by atoms with van der Waals surface area (Å²) >= 11 is 0. The van der Waals surface area contributed by atoms with Crippen LogP contribution < -0.4 is 10.6 Å². The third kappa shape index (κ3) is 4.00. The Bertz CT molecular complexity index is 746. The standard InChI is InChI=1S/C17H18N6/c1-2-20-17-22-15(14-6-4-8-19-12-14)9-16(23-17)21-11-13-5-3-7-18-10-13/h3-10,12H,2,11H2,1H3,(H2,20,21,22,23). The van der Waals surface area contributed by atoms with Gasteiger partial charge in [-0.2, -0.15) is 4.98 Å². The first kappa shape index (κ1) is 14.9. The molecular formula is C17H18N6. The van der Waals surface area contributed by atoms with Gasteiger partial charge in [0.2, 0.25) is 5.95 Å². The average Bonchev–Trinajstić information content (AvgIpc) is 2.62. The minimum Gasteiger partial charge on any atom is -0.366 e. The lowest BCUT2D eigenvalue weighted by Gasteiger charge is -2.10. The van der Waals surface area contributed by atoms with Crippen molar-refractivity contribution in [3.63, 3.8) is 0 Å². The molecule has 0 atom stereocenters. The van der Waals surface area contributed by atoms with Gasteiger partial charge in [-0.15, -0.1) is 0 Å². The minimum absolute atomic E-state index is 0.600. The van der Waals surface area contributed by atoms with E-state index in [1.807, 2.05) is 43.5 Å². The van der Waals surface area contributed by atoms with Gasteiger partial charge in [0.25, 0.3) is 0 Å². The van der Waals surface area contributed by atoms with E-state index in [1.165, 1.54) is 0 Å². The van der Waals surface area contributed by atoms with Gasteiger partial charge in [-0.25, -0.2) is 4.98 Å². The van der Waals surface area contributed by atoms with Gasteiger partial charge in [-0.05, 0) is 30.7 Å². The number of nitrogens with one attached hydrogen (secondary N) is 2. The zero-order chi connectivity index (χ0) is 15.9. The van der Waals surface area contributed by atoms with Gasteiger partial charge in [0.1, 0.15) is 5.82 Å². The molecule has 0 radical (unpaired) electrons. The molecule has 0 aliphatic heterocycles. The minimum atomic E-state index is 0.600. The zero-order valence-electron chi connectivity index (χ0n) is 12.9. The van der Waals surface area contributed by atoms with Gasteiger partial charge in [0.15, 0.2) is 0 Å². The van der Waals surface area contributed by atoms with Crippen LogP contribution in [-0.2, 0) is 6.54 Å². The Hall–Kier alpha value is -3.02. The summed E-state index contributed by atoms with van der Waals surface area (Å²) in [6.07, 6.45) is 7.14. The maximum atomic E-state index is 4.53. The SMILES string of the molecule is CCNc1nc(NCc2cccnc2)cc(-c2cccnc2)n1. The molecule has 3 aromatic heterocycles. The second-order valence-electron chi connectivity index (χ2n) is 4.95. The average molecular weight is 306 g/mol. The van der Waals surface area contributed by atoms with Gasteiger partial charge in [0.05, 0.1) is 5.69 Å². The van der Waals surface area contributed by atoms with Gasteiger partial charge < -0.3 is 10.6 Å². The van der Waals surface area contributed by atoms with Crippen LogP contribution in [0.25, 0.3) is 11.3 Å². The third-order valence-corrected chi connectivity index (χ3v) is 3.21. The highest BCUT2D eigenvalue weighted by Crippen LogP contribution is 2.20. The molecule has 3 heterocycles. The molecule has 0 aliphatic carbocycles. The van der Waals surface area contributed by atoms with Crippen LogP contribution >= 0.6 is 0 Å². The molecule has 6 heteroatoms. The van der Waals surface area contributed by atoms with Crippen LogP contribution in [0.1, 0.15) is 12.5 Å². The number of hydrogen-bond acceptors (Lipinski definition) is 6. The fourth-order valence-corrected chi connectivity index (χ4v) is 2.13. The lowest BCUT2D eigenvalue weighted by atomic mass is 10.2. The summed E-state index contributed by atoms with van der Waals surface area (Å²) in [5, 5.41) is 6.48. The normalized spacial score (nSPS) is 10.3. The lowest BCUT2D eigenvalue weighted by molar-refractivity contribution is 1.05. The van der Waals surface area contributed by atoms with Crippen molar-refractivity contribution >= 4 is 11.8 Å². The molecule has 0 unspecified atom stereocenters. The Morgan fingerprint density at radius 3 is 2.48 bits per heavy atom. The molecule has 0 saturated carbocycles. The Labute approximate surface area is 135 Å². The maximum Gasteiger partial charge on any atom is 0.225 e. The summed E-state index contributed by atoms with van der Waals surface area (Å²) in [4.78, 5) is 17.3. The van der Waals surface area contributed by atoms with Gasteiger partial charge in [-0.3, -0.25) is 9.97 Å². The quantitative estimate of drug-likeness (QED) is 0.729. The number of hydrogen-bond donors (Lipinski definition) is 2.